The predicted molar refractivity (Wildman–Crippen MR) is 110 cm³/mol. The first-order valence-corrected chi connectivity index (χ1v) is 9.28. The van der Waals surface area contributed by atoms with Crippen molar-refractivity contribution in [1.29, 1.82) is 0 Å². The van der Waals surface area contributed by atoms with E-state index in [2.05, 4.69) is 10.3 Å². The van der Waals surface area contributed by atoms with Gasteiger partial charge in [0.05, 0.1) is 15.5 Å². The SMILES string of the molecule is O=C1NC(=Nc2ccc(F)cc2)C(=Cc2cccn2-c2ccc([N+](=O)[O-])cc2)S1. The molecule has 0 bridgehead atoms. The number of carbonyl (C=O) groups is 1. The van der Waals surface area contributed by atoms with Crippen molar-refractivity contribution >= 4 is 40.3 Å². The Morgan fingerprint density at radius 3 is 2.52 bits per heavy atom. The zero-order valence-corrected chi connectivity index (χ0v) is 15.6. The molecule has 0 aliphatic carbocycles. The van der Waals surface area contributed by atoms with Crippen LogP contribution in [0.4, 0.5) is 20.6 Å². The Labute approximate surface area is 168 Å². The van der Waals surface area contributed by atoms with Crippen LogP contribution in [0, 0.1) is 15.9 Å². The van der Waals surface area contributed by atoms with E-state index in [0.717, 1.165) is 23.1 Å². The minimum atomic E-state index is -0.451. The number of nitro benzene ring substituents is 1. The fourth-order valence-corrected chi connectivity index (χ4v) is 3.49. The number of benzene rings is 2. The minimum absolute atomic E-state index is 0.00988. The van der Waals surface area contributed by atoms with E-state index < -0.39 is 4.92 Å². The number of nitrogens with one attached hydrogen (secondary N) is 1. The molecule has 4 rings (SSSR count). The number of amides is 1. The molecule has 2 aromatic carbocycles. The summed E-state index contributed by atoms with van der Waals surface area (Å²) in [6, 6.07) is 15.5. The Balaban J connectivity index is 1.68. The molecule has 0 unspecified atom stereocenters. The number of amidine groups is 1. The van der Waals surface area contributed by atoms with Crippen molar-refractivity contribution in [1.82, 2.24) is 9.88 Å². The van der Waals surface area contributed by atoms with Crippen LogP contribution in [-0.4, -0.2) is 20.6 Å². The highest BCUT2D eigenvalue weighted by molar-refractivity contribution is 8.18. The highest BCUT2D eigenvalue weighted by Crippen LogP contribution is 2.29. The Morgan fingerprint density at radius 1 is 1.10 bits per heavy atom. The molecule has 1 fully saturated rings. The number of hydrogen-bond donors (Lipinski definition) is 1. The Bertz CT molecular complexity index is 1150. The topological polar surface area (TPSA) is 89.5 Å². The monoisotopic (exact) mass is 408 g/mol. The summed E-state index contributed by atoms with van der Waals surface area (Å²) in [6.45, 7) is 0. The lowest BCUT2D eigenvalue weighted by Gasteiger charge is -2.07. The Hall–Kier alpha value is -3.72. The number of carbonyl (C=O) groups excluding carboxylic acids is 1. The second-order valence-electron chi connectivity index (χ2n) is 6.04. The van der Waals surface area contributed by atoms with E-state index in [-0.39, 0.29) is 16.7 Å². The van der Waals surface area contributed by atoms with Crippen LogP contribution in [0.15, 0.2) is 76.8 Å². The van der Waals surface area contributed by atoms with E-state index in [1.54, 1.807) is 18.2 Å². The van der Waals surface area contributed by atoms with Crippen molar-refractivity contribution in [3.8, 4) is 5.69 Å². The molecule has 1 N–H and O–H groups in total. The maximum absolute atomic E-state index is 13.1. The maximum atomic E-state index is 13.1. The quantitative estimate of drug-likeness (QED) is 0.483. The van der Waals surface area contributed by atoms with Crippen LogP contribution in [-0.2, 0) is 0 Å². The standard InChI is InChI=1S/C20H13FN4O3S/c21-13-3-5-14(6-4-13)22-19-18(29-20(26)23-19)12-17-2-1-11-24(17)15-7-9-16(10-8-15)25(27)28/h1-12H,(H,22,23,26). The van der Waals surface area contributed by atoms with Crippen molar-refractivity contribution in [3.05, 3.63) is 93.4 Å². The zero-order valence-electron chi connectivity index (χ0n) is 14.8. The first kappa shape index (κ1) is 18.6. The predicted octanol–water partition coefficient (Wildman–Crippen LogP) is 5.05. The number of aliphatic imine (C=N–C) groups is 1. The molecule has 0 atom stereocenters. The molecule has 1 aliphatic rings. The van der Waals surface area contributed by atoms with Crippen molar-refractivity contribution in [3.63, 3.8) is 0 Å². The van der Waals surface area contributed by atoms with Gasteiger partial charge in [-0.1, -0.05) is 0 Å². The molecule has 2 heterocycles. The van der Waals surface area contributed by atoms with Crippen LogP contribution < -0.4 is 5.32 Å². The smallest absolute Gasteiger partial charge is 0.289 e. The van der Waals surface area contributed by atoms with Gasteiger partial charge < -0.3 is 9.88 Å². The molecule has 29 heavy (non-hydrogen) atoms. The number of thioether (sulfide) groups is 1. The highest BCUT2D eigenvalue weighted by Gasteiger charge is 2.24. The normalized spacial score (nSPS) is 16.4. The van der Waals surface area contributed by atoms with Gasteiger partial charge in [0.15, 0.2) is 0 Å². The van der Waals surface area contributed by atoms with Crippen molar-refractivity contribution in [2.24, 2.45) is 4.99 Å². The van der Waals surface area contributed by atoms with E-state index in [1.807, 2.05) is 22.9 Å². The molecule has 0 radical (unpaired) electrons. The molecule has 1 amide bonds. The van der Waals surface area contributed by atoms with E-state index in [0.29, 0.717) is 16.4 Å². The van der Waals surface area contributed by atoms with Crippen LogP contribution in [0.3, 0.4) is 0 Å². The van der Waals surface area contributed by atoms with Gasteiger partial charge in [-0.2, -0.15) is 0 Å². The number of hydrogen-bond acceptors (Lipinski definition) is 5. The van der Waals surface area contributed by atoms with Crippen LogP contribution >= 0.6 is 11.8 Å². The van der Waals surface area contributed by atoms with Crippen LogP contribution in [0.5, 0.6) is 0 Å². The van der Waals surface area contributed by atoms with E-state index >= 15 is 0 Å². The summed E-state index contributed by atoms with van der Waals surface area (Å²) in [7, 11) is 0. The second kappa shape index (κ2) is 7.72. The molecule has 0 saturated carbocycles. The molecule has 1 saturated heterocycles. The first-order chi connectivity index (χ1) is 14.0. The molecule has 1 aliphatic heterocycles. The van der Waals surface area contributed by atoms with Crippen molar-refractivity contribution in [2.75, 3.05) is 0 Å². The van der Waals surface area contributed by atoms with E-state index in [4.69, 9.17) is 0 Å². The third-order valence-corrected chi connectivity index (χ3v) is 4.94. The second-order valence-corrected chi connectivity index (χ2v) is 7.05. The summed E-state index contributed by atoms with van der Waals surface area (Å²) in [5.41, 5.74) is 2.04. The molecule has 0 spiro atoms. The summed E-state index contributed by atoms with van der Waals surface area (Å²) >= 11 is 1.01. The maximum Gasteiger partial charge on any atom is 0.289 e. The molecule has 144 valence electrons. The third-order valence-electron chi connectivity index (χ3n) is 4.12. The lowest BCUT2D eigenvalue weighted by atomic mass is 10.2. The number of rotatable bonds is 4. The largest absolute Gasteiger partial charge is 0.317 e. The van der Waals surface area contributed by atoms with Gasteiger partial charge in [0.25, 0.3) is 10.9 Å². The number of nitrogens with zero attached hydrogens (tertiary/aromatic N) is 3. The van der Waals surface area contributed by atoms with Gasteiger partial charge in [0.2, 0.25) is 0 Å². The van der Waals surface area contributed by atoms with Crippen LogP contribution in [0.25, 0.3) is 11.8 Å². The molecule has 7 nitrogen and oxygen atoms in total. The van der Waals surface area contributed by atoms with Gasteiger partial charge in [-0.05, 0) is 66.4 Å². The van der Waals surface area contributed by atoms with Gasteiger partial charge in [-0.25, -0.2) is 9.38 Å². The van der Waals surface area contributed by atoms with Gasteiger partial charge >= 0.3 is 0 Å². The molecule has 1 aromatic heterocycles. The Kier molecular flexibility index (Phi) is 4.96. The summed E-state index contributed by atoms with van der Waals surface area (Å²) in [4.78, 5) is 27.3. The fraction of sp³-hybridized carbons (Fsp3) is 0. The average molecular weight is 408 g/mol. The van der Waals surface area contributed by atoms with Gasteiger partial charge in [-0.3, -0.25) is 14.9 Å². The molecule has 3 aromatic rings. The average Bonchev–Trinajstić information content (AvgIpc) is 3.30. The van der Waals surface area contributed by atoms with E-state index in [9.17, 15) is 19.3 Å². The lowest BCUT2D eigenvalue weighted by Crippen LogP contribution is -2.18. The highest BCUT2D eigenvalue weighted by atomic mass is 32.2. The summed E-state index contributed by atoms with van der Waals surface area (Å²) < 4.78 is 14.9. The first-order valence-electron chi connectivity index (χ1n) is 8.47. The van der Waals surface area contributed by atoms with Gasteiger partial charge in [0, 0.05) is 29.7 Å². The minimum Gasteiger partial charge on any atom is -0.317 e. The van der Waals surface area contributed by atoms with Crippen LogP contribution in [0.1, 0.15) is 5.69 Å². The number of halogens is 1. The molecular weight excluding hydrogens is 395 g/mol. The summed E-state index contributed by atoms with van der Waals surface area (Å²) in [5.74, 6) is 0.0125. The number of aromatic nitrogens is 1. The van der Waals surface area contributed by atoms with Crippen molar-refractivity contribution in [2.45, 2.75) is 0 Å². The summed E-state index contributed by atoms with van der Waals surface area (Å²) in [6.07, 6.45) is 3.62. The molecule has 9 heteroatoms. The van der Waals surface area contributed by atoms with Gasteiger partial charge in [-0.15, -0.1) is 0 Å². The third kappa shape index (κ3) is 4.09. The zero-order chi connectivity index (χ0) is 20.4. The van der Waals surface area contributed by atoms with E-state index in [1.165, 1.54) is 36.4 Å². The number of nitro groups is 1. The molecular formula is C20H13FN4O3S. The Morgan fingerprint density at radius 2 is 1.83 bits per heavy atom. The van der Waals surface area contributed by atoms with Crippen LogP contribution in [0.2, 0.25) is 0 Å². The number of non-ortho nitro benzene ring substituents is 1. The van der Waals surface area contributed by atoms with Crippen molar-refractivity contribution < 1.29 is 14.1 Å². The lowest BCUT2D eigenvalue weighted by molar-refractivity contribution is -0.384. The van der Waals surface area contributed by atoms with Gasteiger partial charge in [0.1, 0.15) is 11.7 Å². The summed E-state index contributed by atoms with van der Waals surface area (Å²) in [5, 5.41) is 13.3. The fourth-order valence-electron chi connectivity index (χ4n) is 2.77.